The fourth-order valence-electron chi connectivity index (χ4n) is 3.87. The molecule has 152 valence electrons. The van der Waals surface area contributed by atoms with E-state index in [4.69, 9.17) is 11.6 Å². The summed E-state index contributed by atoms with van der Waals surface area (Å²) in [5, 5.41) is -0.0537. The Hall–Kier alpha value is -2.67. The van der Waals surface area contributed by atoms with Gasteiger partial charge in [0.1, 0.15) is 11.6 Å². The molecular weight excluding hydrogens is 400 g/mol. The van der Waals surface area contributed by atoms with E-state index < -0.39 is 11.7 Å². The number of benzene rings is 2. The molecule has 0 radical (unpaired) electrons. The number of amides is 2. The van der Waals surface area contributed by atoms with Crippen molar-refractivity contribution in [3.8, 4) is 0 Å². The minimum Gasteiger partial charge on any atom is -0.368 e. The quantitative estimate of drug-likeness (QED) is 0.766. The lowest BCUT2D eigenvalue weighted by atomic mass is 10.1. The van der Waals surface area contributed by atoms with Gasteiger partial charge in [-0.15, -0.1) is 0 Å². The second kappa shape index (κ2) is 7.99. The summed E-state index contributed by atoms with van der Waals surface area (Å²) in [6, 6.07) is 10.4. The molecule has 2 aromatic rings. The van der Waals surface area contributed by atoms with Crippen LogP contribution in [-0.2, 0) is 9.59 Å². The van der Waals surface area contributed by atoms with Gasteiger partial charge in [0.25, 0.3) is 0 Å². The first-order valence-corrected chi connectivity index (χ1v) is 9.85. The number of piperazine rings is 1. The molecular formula is C21H20ClF2N3O2. The zero-order valence-corrected chi connectivity index (χ0v) is 16.4. The summed E-state index contributed by atoms with van der Waals surface area (Å²) in [5.41, 5.74) is 1.42. The second-order valence-electron chi connectivity index (χ2n) is 7.29. The summed E-state index contributed by atoms with van der Waals surface area (Å²) in [5.74, 6) is -1.47. The lowest BCUT2D eigenvalue weighted by molar-refractivity contribution is -0.136. The van der Waals surface area contributed by atoms with Crippen LogP contribution in [0.5, 0.6) is 0 Å². The molecule has 0 spiro atoms. The van der Waals surface area contributed by atoms with Crippen LogP contribution in [0.4, 0.5) is 20.2 Å². The summed E-state index contributed by atoms with van der Waals surface area (Å²) in [7, 11) is 0. The third-order valence-electron chi connectivity index (χ3n) is 5.47. The molecule has 0 aromatic heterocycles. The van der Waals surface area contributed by atoms with Gasteiger partial charge in [-0.3, -0.25) is 9.59 Å². The summed E-state index contributed by atoms with van der Waals surface area (Å²) >= 11 is 5.82. The molecule has 29 heavy (non-hydrogen) atoms. The van der Waals surface area contributed by atoms with Crippen LogP contribution in [0.25, 0.3) is 0 Å². The van der Waals surface area contributed by atoms with Crippen molar-refractivity contribution in [3.63, 3.8) is 0 Å². The van der Waals surface area contributed by atoms with Crippen molar-refractivity contribution in [2.45, 2.75) is 6.42 Å². The number of hydrogen-bond donors (Lipinski definition) is 0. The SMILES string of the molecule is O=C([C@@H]1CC(=O)N(c2ccc(F)c(Cl)c2)C1)N1CCN(c2ccc(F)cc2)CC1. The van der Waals surface area contributed by atoms with Gasteiger partial charge in [0.2, 0.25) is 11.8 Å². The monoisotopic (exact) mass is 419 g/mol. The molecule has 8 heteroatoms. The van der Waals surface area contributed by atoms with Crippen molar-refractivity contribution in [3.05, 3.63) is 59.1 Å². The number of rotatable bonds is 3. The number of carbonyl (C=O) groups is 2. The fraction of sp³-hybridized carbons (Fsp3) is 0.333. The number of halogens is 3. The first-order chi connectivity index (χ1) is 13.9. The van der Waals surface area contributed by atoms with Gasteiger partial charge in [-0.25, -0.2) is 8.78 Å². The average Bonchev–Trinajstić information content (AvgIpc) is 3.12. The molecule has 2 aromatic carbocycles. The van der Waals surface area contributed by atoms with E-state index in [1.165, 1.54) is 35.2 Å². The molecule has 2 fully saturated rings. The van der Waals surface area contributed by atoms with Crippen molar-refractivity contribution < 1.29 is 18.4 Å². The molecule has 0 N–H and O–H groups in total. The van der Waals surface area contributed by atoms with E-state index in [1.807, 2.05) is 0 Å². The first-order valence-electron chi connectivity index (χ1n) is 9.47. The smallest absolute Gasteiger partial charge is 0.228 e. The molecule has 0 saturated carbocycles. The predicted molar refractivity (Wildman–Crippen MR) is 107 cm³/mol. The Morgan fingerprint density at radius 2 is 1.62 bits per heavy atom. The molecule has 2 aliphatic heterocycles. The maximum Gasteiger partial charge on any atom is 0.228 e. The Morgan fingerprint density at radius 3 is 2.28 bits per heavy atom. The van der Waals surface area contributed by atoms with Crippen LogP contribution in [0.3, 0.4) is 0 Å². The lowest BCUT2D eigenvalue weighted by Crippen LogP contribution is -2.50. The molecule has 2 aliphatic rings. The molecule has 0 bridgehead atoms. The van der Waals surface area contributed by atoms with Gasteiger partial charge in [-0.05, 0) is 42.5 Å². The van der Waals surface area contributed by atoms with Crippen molar-refractivity contribution in [1.82, 2.24) is 4.90 Å². The molecule has 2 saturated heterocycles. The number of anilines is 2. The van der Waals surface area contributed by atoms with Crippen LogP contribution < -0.4 is 9.80 Å². The summed E-state index contributed by atoms with van der Waals surface area (Å²) in [6.07, 6.45) is 0.131. The van der Waals surface area contributed by atoms with Gasteiger partial charge in [-0.2, -0.15) is 0 Å². The molecule has 2 heterocycles. The van der Waals surface area contributed by atoms with Gasteiger partial charge in [-0.1, -0.05) is 11.6 Å². The van der Waals surface area contributed by atoms with Crippen molar-refractivity contribution in [1.29, 1.82) is 0 Å². The van der Waals surface area contributed by atoms with E-state index in [9.17, 15) is 18.4 Å². The van der Waals surface area contributed by atoms with Crippen LogP contribution >= 0.6 is 11.6 Å². The Kier molecular flexibility index (Phi) is 5.41. The third kappa shape index (κ3) is 4.05. The fourth-order valence-corrected chi connectivity index (χ4v) is 4.05. The topological polar surface area (TPSA) is 43.9 Å². The maximum absolute atomic E-state index is 13.4. The van der Waals surface area contributed by atoms with E-state index in [-0.39, 0.29) is 35.6 Å². The van der Waals surface area contributed by atoms with Crippen molar-refractivity contribution >= 4 is 34.8 Å². The molecule has 2 amide bonds. The average molecular weight is 420 g/mol. The molecule has 4 rings (SSSR count). The van der Waals surface area contributed by atoms with Crippen molar-refractivity contribution in [2.24, 2.45) is 5.92 Å². The van der Waals surface area contributed by atoms with Crippen LogP contribution in [0.1, 0.15) is 6.42 Å². The van der Waals surface area contributed by atoms with E-state index >= 15 is 0 Å². The van der Waals surface area contributed by atoms with E-state index in [0.29, 0.717) is 31.9 Å². The van der Waals surface area contributed by atoms with Gasteiger partial charge < -0.3 is 14.7 Å². The van der Waals surface area contributed by atoms with Crippen LogP contribution in [-0.4, -0.2) is 49.4 Å². The highest BCUT2D eigenvalue weighted by molar-refractivity contribution is 6.31. The highest BCUT2D eigenvalue weighted by Gasteiger charge is 2.38. The molecule has 0 unspecified atom stereocenters. The van der Waals surface area contributed by atoms with E-state index in [0.717, 1.165) is 5.69 Å². The zero-order chi connectivity index (χ0) is 20.5. The van der Waals surface area contributed by atoms with Crippen molar-refractivity contribution in [2.75, 3.05) is 42.5 Å². The Bertz CT molecular complexity index is 930. The number of hydrogen-bond acceptors (Lipinski definition) is 3. The zero-order valence-electron chi connectivity index (χ0n) is 15.7. The van der Waals surface area contributed by atoms with E-state index in [2.05, 4.69) is 4.90 Å². The van der Waals surface area contributed by atoms with Gasteiger partial charge >= 0.3 is 0 Å². The second-order valence-corrected chi connectivity index (χ2v) is 7.70. The summed E-state index contributed by atoms with van der Waals surface area (Å²) < 4.78 is 26.5. The van der Waals surface area contributed by atoms with E-state index in [1.54, 1.807) is 17.0 Å². The van der Waals surface area contributed by atoms with Crippen LogP contribution in [0.15, 0.2) is 42.5 Å². The Balaban J connectivity index is 1.37. The highest BCUT2D eigenvalue weighted by atomic mass is 35.5. The van der Waals surface area contributed by atoms with Gasteiger partial charge in [0.05, 0.1) is 10.9 Å². The largest absolute Gasteiger partial charge is 0.368 e. The first kappa shape index (κ1) is 19.6. The molecule has 1 atom stereocenters. The summed E-state index contributed by atoms with van der Waals surface area (Å²) in [4.78, 5) is 30.7. The van der Waals surface area contributed by atoms with Crippen LogP contribution in [0.2, 0.25) is 5.02 Å². The minimum absolute atomic E-state index is 0.0483. The third-order valence-corrected chi connectivity index (χ3v) is 5.76. The lowest BCUT2D eigenvalue weighted by Gasteiger charge is -2.37. The van der Waals surface area contributed by atoms with Gasteiger partial charge in [0, 0.05) is 50.5 Å². The number of nitrogens with zero attached hydrogens (tertiary/aromatic N) is 3. The van der Waals surface area contributed by atoms with Gasteiger partial charge in [0.15, 0.2) is 0 Å². The molecule has 0 aliphatic carbocycles. The Labute approximate surface area is 172 Å². The minimum atomic E-state index is -0.547. The predicted octanol–water partition coefficient (Wildman–Crippen LogP) is 3.32. The van der Waals surface area contributed by atoms with Crippen LogP contribution in [0, 0.1) is 17.6 Å². The number of carbonyl (C=O) groups excluding carboxylic acids is 2. The standard InChI is InChI=1S/C21H20ClF2N3O2/c22-18-12-17(5-6-19(18)24)27-13-14(11-20(27)28)21(29)26-9-7-25(8-10-26)16-3-1-15(23)2-4-16/h1-6,12,14H,7-11,13H2/t14-/m1/s1. The Morgan fingerprint density at radius 1 is 0.966 bits per heavy atom. The molecule has 5 nitrogen and oxygen atoms in total. The summed E-state index contributed by atoms with van der Waals surface area (Å²) in [6.45, 7) is 2.65. The normalized spacial score (nSPS) is 19.8. The highest BCUT2D eigenvalue weighted by Crippen LogP contribution is 2.29. The maximum atomic E-state index is 13.4.